The van der Waals surface area contributed by atoms with Crippen LogP contribution in [0, 0.1) is 0 Å². The summed E-state index contributed by atoms with van der Waals surface area (Å²) in [6, 6.07) is 18.1. The average Bonchev–Trinajstić information content (AvgIpc) is 3.44. The van der Waals surface area contributed by atoms with Crippen molar-refractivity contribution in [1.82, 2.24) is 0 Å². The van der Waals surface area contributed by atoms with E-state index >= 15 is 0 Å². The molecule has 0 aromatic heterocycles. The molecular weight excluding hydrogens is 941 g/mol. The van der Waals surface area contributed by atoms with Gasteiger partial charge >= 0.3 is 0 Å². The second-order valence-corrected chi connectivity index (χ2v) is 22.2. The first-order valence-corrected chi connectivity index (χ1v) is 32.4. The predicted molar refractivity (Wildman–Crippen MR) is 323 cm³/mol. The molecular formula is C69H116O7. The summed E-state index contributed by atoms with van der Waals surface area (Å²) in [6.45, 7) is 12.4. The van der Waals surface area contributed by atoms with Crippen LogP contribution in [-0.2, 0) is 19.8 Å². The van der Waals surface area contributed by atoms with Crippen LogP contribution < -0.4 is 28.4 Å². The Bertz CT molecular complexity index is 1760. The molecule has 1 N–H and O–H groups in total. The molecule has 0 atom stereocenters. The van der Waals surface area contributed by atoms with E-state index in [1.165, 1.54) is 231 Å². The zero-order valence-corrected chi connectivity index (χ0v) is 49.8. The lowest BCUT2D eigenvalue weighted by atomic mass is 10.1. The first-order valence-electron chi connectivity index (χ1n) is 32.4. The van der Waals surface area contributed by atoms with E-state index in [-0.39, 0.29) is 6.61 Å². The second-order valence-electron chi connectivity index (χ2n) is 22.2. The fraction of sp³-hybridized carbons (Fsp3) is 0.739. The molecule has 0 aliphatic rings. The minimum absolute atomic E-state index is 0.0843. The molecule has 0 saturated heterocycles. The van der Waals surface area contributed by atoms with Gasteiger partial charge in [0.15, 0.2) is 34.5 Å². The molecule has 434 valence electrons. The highest BCUT2D eigenvalue weighted by Crippen LogP contribution is 2.35. The van der Waals surface area contributed by atoms with Crippen molar-refractivity contribution in [2.75, 3.05) is 26.4 Å². The van der Waals surface area contributed by atoms with Crippen LogP contribution in [0.15, 0.2) is 54.6 Å². The van der Waals surface area contributed by atoms with Gasteiger partial charge in [0, 0.05) is 0 Å². The first kappa shape index (κ1) is 66.7. The van der Waals surface area contributed by atoms with E-state index in [1.807, 2.05) is 24.3 Å². The lowest BCUT2D eigenvalue weighted by molar-refractivity contribution is 0.246. The van der Waals surface area contributed by atoms with Gasteiger partial charge in [-0.1, -0.05) is 277 Å². The molecule has 3 aromatic rings. The zero-order valence-electron chi connectivity index (χ0n) is 49.8. The number of benzene rings is 3. The van der Waals surface area contributed by atoms with Crippen LogP contribution in [0.1, 0.15) is 301 Å². The molecule has 0 fully saturated rings. The van der Waals surface area contributed by atoms with Gasteiger partial charge < -0.3 is 33.5 Å². The molecule has 0 amide bonds. The van der Waals surface area contributed by atoms with Gasteiger partial charge in [0.05, 0.1) is 33.0 Å². The van der Waals surface area contributed by atoms with Gasteiger partial charge in [0.2, 0.25) is 0 Å². The van der Waals surface area contributed by atoms with Crippen molar-refractivity contribution in [3.05, 3.63) is 71.3 Å². The number of unbranched alkanes of at least 4 members (excludes halogenated alkanes) is 36. The highest BCUT2D eigenvalue weighted by molar-refractivity contribution is 5.46. The second kappa shape index (κ2) is 48.5. The van der Waals surface area contributed by atoms with Crippen molar-refractivity contribution in [3.63, 3.8) is 0 Å². The SMILES string of the molecule is CCCCCCCCCCCCOc1ccc(COc2ccc(CO)cc2OCc2ccc(OCCCCCCCCCCCC)c(OCCCCCCCCCCCC)c2)cc1OCCCCCCCCCCCC. The summed E-state index contributed by atoms with van der Waals surface area (Å²) in [5, 5.41) is 10.1. The Morgan fingerprint density at radius 1 is 0.237 bits per heavy atom. The highest BCUT2D eigenvalue weighted by Gasteiger charge is 2.14. The molecule has 76 heavy (non-hydrogen) atoms. The Kier molecular flexibility index (Phi) is 42.6. The molecule has 7 nitrogen and oxygen atoms in total. The fourth-order valence-electron chi connectivity index (χ4n) is 10.0. The lowest BCUT2D eigenvalue weighted by Gasteiger charge is -2.17. The monoisotopic (exact) mass is 1060 g/mol. The van der Waals surface area contributed by atoms with E-state index in [1.54, 1.807) is 0 Å². The van der Waals surface area contributed by atoms with Gasteiger partial charge in [0.1, 0.15) is 13.2 Å². The smallest absolute Gasteiger partial charge is 0.162 e. The third-order valence-electron chi connectivity index (χ3n) is 15.0. The molecule has 0 aliphatic carbocycles. The molecule has 0 saturated carbocycles. The van der Waals surface area contributed by atoms with Crippen LogP contribution in [-0.4, -0.2) is 31.5 Å². The van der Waals surface area contributed by atoms with E-state index in [2.05, 4.69) is 58.0 Å². The van der Waals surface area contributed by atoms with E-state index < -0.39 is 0 Å². The summed E-state index contributed by atoms with van der Waals surface area (Å²) in [5.74, 6) is 4.41. The van der Waals surface area contributed by atoms with Crippen molar-refractivity contribution in [1.29, 1.82) is 0 Å². The lowest BCUT2D eigenvalue weighted by Crippen LogP contribution is -2.05. The third kappa shape index (κ3) is 34.3. The van der Waals surface area contributed by atoms with Gasteiger partial charge in [-0.15, -0.1) is 0 Å². The molecule has 0 spiro atoms. The molecule has 0 aliphatic heterocycles. The van der Waals surface area contributed by atoms with Crippen molar-refractivity contribution in [3.8, 4) is 34.5 Å². The summed E-state index contributed by atoms with van der Waals surface area (Å²) in [5.41, 5.74) is 2.76. The Morgan fingerprint density at radius 2 is 0.447 bits per heavy atom. The topological polar surface area (TPSA) is 75.6 Å². The fourth-order valence-corrected chi connectivity index (χ4v) is 10.0. The number of aliphatic hydroxyl groups excluding tert-OH is 1. The number of aliphatic hydroxyl groups is 1. The van der Waals surface area contributed by atoms with Crippen LogP contribution in [0.2, 0.25) is 0 Å². The maximum atomic E-state index is 10.1. The number of hydrogen-bond donors (Lipinski definition) is 1. The quantitative estimate of drug-likeness (QED) is 0.0565. The van der Waals surface area contributed by atoms with Crippen LogP contribution in [0.25, 0.3) is 0 Å². The minimum Gasteiger partial charge on any atom is -0.490 e. The predicted octanol–water partition coefficient (Wildman–Crippen LogP) is 21.5. The Balaban J connectivity index is 1.61. The van der Waals surface area contributed by atoms with Gasteiger partial charge in [0.25, 0.3) is 0 Å². The number of rotatable bonds is 55. The van der Waals surface area contributed by atoms with Crippen molar-refractivity contribution >= 4 is 0 Å². The Morgan fingerprint density at radius 3 is 0.737 bits per heavy atom. The average molecular weight is 1060 g/mol. The largest absolute Gasteiger partial charge is 0.490 e. The third-order valence-corrected chi connectivity index (χ3v) is 15.0. The van der Waals surface area contributed by atoms with Gasteiger partial charge in [-0.25, -0.2) is 0 Å². The molecule has 0 radical (unpaired) electrons. The molecule has 3 aromatic carbocycles. The molecule has 3 rings (SSSR count). The molecule has 0 bridgehead atoms. The molecule has 7 heteroatoms. The summed E-state index contributed by atoms with van der Waals surface area (Å²) in [4.78, 5) is 0. The summed E-state index contributed by atoms with van der Waals surface area (Å²) < 4.78 is 38.8. The Labute approximate surface area is 468 Å². The van der Waals surface area contributed by atoms with Crippen LogP contribution in [0.5, 0.6) is 34.5 Å². The van der Waals surface area contributed by atoms with Gasteiger partial charge in [-0.2, -0.15) is 0 Å². The first-order chi connectivity index (χ1) is 37.6. The summed E-state index contributed by atoms with van der Waals surface area (Å²) in [6.07, 6.45) is 51.9. The van der Waals surface area contributed by atoms with E-state index in [4.69, 9.17) is 28.4 Å². The zero-order chi connectivity index (χ0) is 54.0. The highest BCUT2D eigenvalue weighted by atomic mass is 16.5. The molecule has 0 unspecified atom stereocenters. The van der Waals surface area contributed by atoms with Crippen LogP contribution >= 0.6 is 0 Å². The Hall–Kier alpha value is -3.58. The number of hydrogen-bond acceptors (Lipinski definition) is 7. The summed E-state index contributed by atoms with van der Waals surface area (Å²) in [7, 11) is 0. The van der Waals surface area contributed by atoms with Crippen molar-refractivity contribution in [2.24, 2.45) is 0 Å². The standard InChI is InChI=1S/C69H116O7/c1-5-9-13-17-21-25-29-33-37-41-51-71-64-49-46-62(56-67(64)73-53-43-39-35-31-27-23-19-15-11-7-3)59-75-66-48-45-61(58-70)55-69(66)76-60-63-47-50-65(72-52-42-38-34-30-26-22-18-14-10-6-2)68(57-63)74-54-44-40-36-32-28-24-20-16-12-8-4/h45-50,55-57,70H,5-44,51-54,58-60H2,1-4H3. The summed E-state index contributed by atoms with van der Waals surface area (Å²) >= 11 is 0. The van der Waals surface area contributed by atoms with Gasteiger partial charge in [-0.05, 0) is 78.8 Å². The number of ether oxygens (including phenoxy) is 6. The van der Waals surface area contributed by atoms with Crippen LogP contribution in [0.3, 0.4) is 0 Å². The van der Waals surface area contributed by atoms with Crippen molar-refractivity contribution in [2.45, 2.75) is 304 Å². The van der Waals surface area contributed by atoms with E-state index in [0.717, 1.165) is 65.4 Å². The van der Waals surface area contributed by atoms with E-state index in [9.17, 15) is 5.11 Å². The van der Waals surface area contributed by atoms with Crippen molar-refractivity contribution < 1.29 is 33.5 Å². The maximum Gasteiger partial charge on any atom is 0.162 e. The van der Waals surface area contributed by atoms with Crippen LogP contribution in [0.4, 0.5) is 0 Å². The van der Waals surface area contributed by atoms with Gasteiger partial charge in [-0.3, -0.25) is 0 Å². The minimum atomic E-state index is -0.0843. The van der Waals surface area contributed by atoms with E-state index in [0.29, 0.717) is 51.1 Å². The normalized spacial score (nSPS) is 11.3. The maximum absolute atomic E-state index is 10.1. The molecule has 0 heterocycles.